The van der Waals surface area contributed by atoms with Crippen LogP contribution in [0.2, 0.25) is 0 Å². The van der Waals surface area contributed by atoms with Crippen LogP contribution >= 0.6 is 0 Å². The van der Waals surface area contributed by atoms with Gasteiger partial charge in [-0.1, -0.05) is 26.2 Å². The van der Waals surface area contributed by atoms with Gasteiger partial charge in [0, 0.05) is 0 Å². The molecule has 0 aromatic heterocycles. The molecule has 0 saturated heterocycles. The van der Waals surface area contributed by atoms with Crippen molar-refractivity contribution < 1.29 is 13.5 Å². The van der Waals surface area contributed by atoms with Crippen LogP contribution in [0.1, 0.15) is 52.4 Å². The van der Waals surface area contributed by atoms with Gasteiger partial charge in [0.25, 0.3) is 0 Å². The second-order valence-electron chi connectivity index (χ2n) is 5.46. The lowest BCUT2D eigenvalue weighted by Gasteiger charge is -2.29. The molecule has 1 rings (SSSR count). The van der Waals surface area contributed by atoms with Crippen molar-refractivity contribution in [3.8, 4) is 0 Å². The van der Waals surface area contributed by atoms with Gasteiger partial charge in [0.1, 0.15) is 0 Å². The molecule has 4 nitrogen and oxygen atoms in total. The summed E-state index contributed by atoms with van der Waals surface area (Å²) < 4.78 is 26.7. The first-order valence-corrected chi connectivity index (χ1v) is 8.18. The number of rotatable bonds is 6. The molecule has 0 bridgehead atoms. The molecule has 1 saturated carbocycles. The SMILES string of the molecule is CCC(C)(CO)NS(=O)(=O)CC1CCCCC1. The zero-order chi connectivity index (χ0) is 12.9. The Morgan fingerprint density at radius 2 is 1.88 bits per heavy atom. The standard InChI is InChI=1S/C12H25NO3S/c1-3-12(2,10-14)13-17(15,16)9-11-7-5-4-6-8-11/h11,13-14H,3-10H2,1-2H3. The van der Waals surface area contributed by atoms with E-state index in [1.807, 2.05) is 6.92 Å². The lowest BCUT2D eigenvalue weighted by molar-refractivity contribution is 0.190. The molecule has 1 atom stereocenters. The highest BCUT2D eigenvalue weighted by atomic mass is 32.2. The van der Waals surface area contributed by atoms with Crippen LogP contribution in [0.3, 0.4) is 0 Å². The lowest BCUT2D eigenvalue weighted by Crippen LogP contribution is -2.49. The summed E-state index contributed by atoms with van der Waals surface area (Å²) in [5.41, 5.74) is -0.715. The van der Waals surface area contributed by atoms with Crippen molar-refractivity contribution in [2.75, 3.05) is 12.4 Å². The van der Waals surface area contributed by atoms with E-state index in [2.05, 4.69) is 4.72 Å². The molecule has 1 aliphatic rings. The van der Waals surface area contributed by atoms with Crippen LogP contribution in [-0.4, -0.2) is 31.4 Å². The summed E-state index contributed by atoms with van der Waals surface area (Å²) in [5, 5.41) is 9.23. The summed E-state index contributed by atoms with van der Waals surface area (Å²) >= 11 is 0. The fourth-order valence-corrected chi connectivity index (χ4v) is 4.29. The molecule has 0 aliphatic heterocycles. The molecule has 5 heteroatoms. The largest absolute Gasteiger partial charge is 0.394 e. The fourth-order valence-electron chi connectivity index (χ4n) is 2.30. The van der Waals surface area contributed by atoms with E-state index >= 15 is 0 Å². The third-order valence-electron chi connectivity index (χ3n) is 3.71. The Balaban J connectivity index is 2.55. The Labute approximate surface area is 105 Å². The van der Waals surface area contributed by atoms with Crippen molar-refractivity contribution in [1.29, 1.82) is 0 Å². The van der Waals surface area contributed by atoms with Gasteiger partial charge in [0.15, 0.2) is 0 Å². The molecule has 0 heterocycles. The van der Waals surface area contributed by atoms with Gasteiger partial charge in [-0.2, -0.15) is 0 Å². The summed E-state index contributed by atoms with van der Waals surface area (Å²) in [6.45, 7) is 3.46. The molecular formula is C12H25NO3S. The van der Waals surface area contributed by atoms with E-state index in [1.165, 1.54) is 6.42 Å². The van der Waals surface area contributed by atoms with E-state index in [4.69, 9.17) is 0 Å². The molecule has 0 spiro atoms. The average Bonchev–Trinajstić information content (AvgIpc) is 2.29. The summed E-state index contributed by atoms with van der Waals surface area (Å²) in [6, 6.07) is 0. The van der Waals surface area contributed by atoms with Crippen molar-refractivity contribution in [3.05, 3.63) is 0 Å². The normalized spacial score (nSPS) is 22.3. The first-order chi connectivity index (χ1) is 7.91. The zero-order valence-corrected chi connectivity index (χ0v) is 11.7. The topological polar surface area (TPSA) is 66.4 Å². The van der Waals surface area contributed by atoms with E-state index in [0.29, 0.717) is 12.3 Å². The third-order valence-corrected chi connectivity index (χ3v) is 5.43. The maximum Gasteiger partial charge on any atom is 0.212 e. The zero-order valence-electron chi connectivity index (χ0n) is 10.9. The molecule has 1 unspecified atom stereocenters. The van der Waals surface area contributed by atoms with E-state index in [0.717, 1.165) is 25.7 Å². The van der Waals surface area contributed by atoms with Crippen LogP contribution in [0.25, 0.3) is 0 Å². The molecule has 0 aromatic carbocycles. The second-order valence-corrected chi connectivity index (χ2v) is 7.23. The van der Waals surface area contributed by atoms with Crippen molar-refractivity contribution in [2.24, 2.45) is 5.92 Å². The summed E-state index contributed by atoms with van der Waals surface area (Å²) in [7, 11) is -3.27. The van der Waals surface area contributed by atoms with E-state index in [1.54, 1.807) is 6.92 Å². The van der Waals surface area contributed by atoms with Gasteiger partial charge in [-0.3, -0.25) is 0 Å². The van der Waals surface area contributed by atoms with Crippen LogP contribution in [0.5, 0.6) is 0 Å². The second kappa shape index (κ2) is 6.16. The van der Waals surface area contributed by atoms with Gasteiger partial charge in [0.05, 0.1) is 17.9 Å². The van der Waals surface area contributed by atoms with Crippen LogP contribution in [0, 0.1) is 5.92 Å². The minimum Gasteiger partial charge on any atom is -0.394 e. The van der Waals surface area contributed by atoms with Gasteiger partial charge in [-0.05, 0) is 32.1 Å². The lowest BCUT2D eigenvalue weighted by atomic mass is 9.91. The predicted molar refractivity (Wildman–Crippen MR) is 69.3 cm³/mol. The van der Waals surface area contributed by atoms with Crippen molar-refractivity contribution in [3.63, 3.8) is 0 Å². The Hall–Kier alpha value is -0.130. The maximum atomic E-state index is 12.0. The first-order valence-electron chi connectivity index (χ1n) is 6.53. The molecule has 0 aromatic rings. The number of aliphatic hydroxyl groups excluding tert-OH is 1. The van der Waals surface area contributed by atoms with Crippen LogP contribution in [0.4, 0.5) is 0 Å². The summed E-state index contributed by atoms with van der Waals surface area (Å²) in [6.07, 6.45) is 6.14. The molecule has 1 fully saturated rings. The number of hydrogen-bond donors (Lipinski definition) is 2. The van der Waals surface area contributed by atoms with Crippen molar-refractivity contribution in [1.82, 2.24) is 4.72 Å². The average molecular weight is 263 g/mol. The van der Waals surface area contributed by atoms with E-state index < -0.39 is 15.6 Å². The number of nitrogens with one attached hydrogen (secondary N) is 1. The van der Waals surface area contributed by atoms with Gasteiger partial charge < -0.3 is 5.11 Å². The van der Waals surface area contributed by atoms with Gasteiger partial charge >= 0.3 is 0 Å². The molecule has 17 heavy (non-hydrogen) atoms. The van der Waals surface area contributed by atoms with E-state index in [9.17, 15) is 13.5 Å². The summed E-state index contributed by atoms with van der Waals surface area (Å²) in [5.74, 6) is 0.504. The predicted octanol–water partition coefficient (Wildman–Crippen LogP) is 1.65. The van der Waals surface area contributed by atoms with Crippen LogP contribution < -0.4 is 4.72 Å². The first kappa shape index (κ1) is 14.9. The molecule has 2 N–H and O–H groups in total. The Kier molecular flexibility index (Phi) is 5.41. The summed E-state index contributed by atoms with van der Waals surface area (Å²) in [4.78, 5) is 0. The molecule has 0 radical (unpaired) electrons. The quantitative estimate of drug-likeness (QED) is 0.765. The van der Waals surface area contributed by atoms with Crippen LogP contribution in [-0.2, 0) is 10.0 Å². The Morgan fingerprint density at radius 1 is 1.29 bits per heavy atom. The third kappa shape index (κ3) is 4.94. The van der Waals surface area contributed by atoms with Crippen molar-refractivity contribution in [2.45, 2.75) is 57.9 Å². The highest BCUT2D eigenvalue weighted by Gasteiger charge is 2.29. The highest BCUT2D eigenvalue weighted by molar-refractivity contribution is 7.89. The highest BCUT2D eigenvalue weighted by Crippen LogP contribution is 2.25. The minimum absolute atomic E-state index is 0.159. The van der Waals surface area contributed by atoms with Gasteiger partial charge in [-0.15, -0.1) is 0 Å². The minimum atomic E-state index is -3.27. The van der Waals surface area contributed by atoms with Gasteiger partial charge in [0.2, 0.25) is 10.0 Å². The van der Waals surface area contributed by atoms with E-state index in [-0.39, 0.29) is 12.4 Å². The Morgan fingerprint density at radius 3 is 2.35 bits per heavy atom. The molecular weight excluding hydrogens is 238 g/mol. The monoisotopic (exact) mass is 263 g/mol. The van der Waals surface area contributed by atoms with Crippen molar-refractivity contribution >= 4 is 10.0 Å². The van der Waals surface area contributed by atoms with Crippen LogP contribution in [0.15, 0.2) is 0 Å². The fraction of sp³-hybridized carbons (Fsp3) is 1.00. The molecule has 102 valence electrons. The molecule has 0 amide bonds. The Bertz CT molecular complexity index is 317. The molecule has 1 aliphatic carbocycles. The van der Waals surface area contributed by atoms with Gasteiger partial charge in [-0.25, -0.2) is 13.1 Å². The number of sulfonamides is 1. The maximum absolute atomic E-state index is 12.0. The smallest absolute Gasteiger partial charge is 0.212 e. The number of hydrogen-bond acceptors (Lipinski definition) is 3. The number of aliphatic hydroxyl groups is 1.